The minimum Gasteiger partial charge on any atom is -0.399 e. The monoisotopic (exact) mass is 288 g/mol. The molecule has 0 saturated carbocycles. The van der Waals surface area contributed by atoms with Crippen LogP contribution < -0.4 is 5.73 Å². The van der Waals surface area contributed by atoms with Crippen LogP contribution in [0.25, 0.3) is 21.8 Å². The summed E-state index contributed by atoms with van der Waals surface area (Å²) in [6.07, 6.45) is 0. The van der Waals surface area contributed by atoms with Crippen LogP contribution in [0.1, 0.15) is 0 Å². The smallest absolute Gasteiger partial charge is 0.136 e. The molecular formula is C15H10F2N2S. The Bertz CT molecular complexity index is 748. The first kappa shape index (κ1) is 12.7. The van der Waals surface area contributed by atoms with Crippen LogP contribution in [-0.2, 0) is 0 Å². The molecule has 0 fully saturated rings. The number of hydrogen-bond donors (Lipinski definition) is 1. The molecule has 0 radical (unpaired) electrons. The van der Waals surface area contributed by atoms with Crippen LogP contribution in [0.2, 0.25) is 0 Å². The van der Waals surface area contributed by atoms with E-state index >= 15 is 0 Å². The van der Waals surface area contributed by atoms with Gasteiger partial charge in [0, 0.05) is 16.6 Å². The zero-order valence-electron chi connectivity index (χ0n) is 10.3. The number of benzene rings is 2. The normalized spacial score (nSPS) is 10.7. The van der Waals surface area contributed by atoms with Gasteiger partial charge in [0.1, 0.15) is 16.6 Å². The van der Waals surface area contributed by atoms with Gasteiger partial charge < -0.3 is 5.73 Å². The molecule has 0 atom stereocenters. The lowest BCUT2D eigenvalue weighted by Crippen LogP contribution is -1.89. The zero-order valence-corrected chi connectivity index (χ0v) is 11.1. The molecule has 0 spiro atoms. The molecular weight excluding hydrogens is 278 g/mol. The van der Waals surface area contributed by atoms with Crippen LogP contribution in [-0.4, -0.2) is 4.98 Å². The van der Waals surface area contributed by atoms with Gasteiger partial charge in [-0.05, 0) is 24.3 Å². The van der Waals surface area contributed by atoms with Crippen molar-refractivity contribution in [3.05, 3.63) is 59.5 Å². The average molecular weight is 288 g/mol. The van der Waals surface area contributed by atoms with Gasteiger partial charge in [0.2, 0.25) is 0 Å². The molecule has 5 heteroatoms. The molecule has 0 amide bonds. The summed E-state index contributed by atoms with van der Waals surface area (Å²) in [6.45, 7) is 0. The van der Waals surface area contributed by atoms with Gasteiger partial charge >= 0.3 is 0 Å². The molecule has 0 bridgehead atoms. The number of anilines is 1. The Hall–Kier alpha value is -2.27. The molecule has 1 heterocycles. The standard InChI is InChI=1S/C15H10F2N2S/c16-11-5-2-6-12(17)14(11)15-19-13(8-20-15)9-3-1-4-10(18)7-9/h1-8H,18H2. The molecule has 100 valence electrons. The summed E-state index contributed by atoms with van der Waals surface area (Å²) in [6, 6.07) is 11.0. The van der Waals surface area contributed by atoms with Crippen molar-refractivity contribution < 1.29 is 8.78 Å². The third kappa shape index (κ3) is 2.28. The predicted molar refractivity (Wildman–Crippen MR) is 77.3 cm³/mol. The number of halogens is 2. The Balaban J connectivity index is 2.07. The van der Waals surface area contributed by atoms with Crippen LogP contribution >= 0.6 is 11.3 Å². The summed E-state index contributed by atoms with van der Waals surface area (Å²) in [4.78, 5) is 4.30. The Kier molecular flexibility index (Phi) is 3.20. The summed E-state index contributed by atoms with van der Waals surface area (Å²) in [5.74, 6) is -1.23. The van der Waals surface area contributed by atoms with Crippen LogP contribution in [0.15, 0.2) is 47.8 Å². The maximum atomic E-state index is 13.7. The highest BCUT2D eigenvalue weighted by Gasteiger charge is 2.15. The zero-order chi connectivity index (χ0) is 14.1. The van der Waals surface area contributed by atoms with E-state index in [4.69, 9.17) is 5.73 Å². The van der Waals surface area contributed by atoms with Gasteiger partial charge in [-0.15, -0.1) is 11.3 Å². The fourth-order valence-electron chi connectivity index (χ4n) is 1.92. The second kappa shape index (κ2) is 5.02. The van der Waals surface area contributed by atoms with Crippen molar-refractivity contribution in [2.45, 2.75) is 0 Å². The number of rotatable bonds is 2. The van der Waals surface area contributed by atoms with Crippen molar-refractivity contribution in [3.8, 4) is 21.8 Å². The van der Waals surface area contributed by atoms with Gasteiger partial charge in [0.25, 0.3) is 0 Å². The highest BCUT2D eigenvalue weighted by molar-refractivity contribution is 7.13. The molecule has 20 heavy (non-hydrogen) atoms. The molecule has 0 unspecified atom stereocenters. The Morgan fingerprint density at radius 3 is 2.40 bits per heavy atom. The molecule has 3 aromatic rings. The molecule has 2 nitrogen and oxygen atoms in total. The second-order valence-corrected chi connectivity index (χ2v) is 5.12. The summed E-state index contributed by atoms with van der Waals surface area (Å²) >= 11 is 1.20. The molecule has 0 aliphatic carbocycles. The number of thiazole rings is 1. The summed E-state index contributed by atoms with van der Waals surface area (Å²) in [5, 5.41) is 2.08. The Morgan fingerprint density at radius 1 is 1.00 bits per heavy atom. The molecule has 0 aliphatic rings. The quantitative estimate of drug-likeness (QED) is 0.712. The maximum absolute atomic E-state index is 13.7. The fraction of sp³-hybridized carbons (Fsp3) is 0. The highest BCUT2D eigenvalue weighted by Crippen LogP contribution is 2.32. The number of hydrogen-bond acceptors (Lipinski definition) is 3. The molecule has 2 aromatic carbocycles. The number of nitrogens with zero attached hydrogens (tertiary/aromatic N) is 1. The topological polar surface area (TPSA) is 38.9 Å². The molecule has 3 rings (SSSR count). The Morgan fingerprint density at radius 2 is 1.70 bits per heavy atom. The molecule has 2 N–H and O–H groups in total. The van der Waals surface area contributed by atoms with E-state index in [0.29, 0.717) is 16.4 Å². The highest BCUT2D eigenvalue weighted by atomic mass is 32.1. The van der Waals surface area contributed by atoms with E-state index in [1.807, 2.05) is 12.1 Å². The van der Waals surface area contributed by atoms with Gasteiger partial charge in [0.15, 0.2) is 0 Å². The largest absolute Gasteiger partial charge is 0.399 e. The van der Waals surface area contributed by atoms with Gasteiger partial charge in [-0.25, -0.2) is 13.8 Å². The average Bonchev–Trinajstić information content (AvgIpc) is 2.88. The summed E-state index contributed by atoms with van der Waals surface area (Å²) in [7, 11) is 0. The summed E-state index contributed by atoms with van der Waals surface area (Å²) in [5.41, 5.74) is 7.72. The van der Waals surface area contributed by atoms with Gasteiger partial charge in [-0.3, -0.25) is 0 Å². The molecule has 0 saturated heterocycles. The van der Waals surface area contributed by atoms with Crippen molar-refractivity contribution in [2.75, 3.05) is 5.73 Å². The van der Waals surface area contributed by atoms with Crippen LogP contribution in [0.4, 0.5) is 14.5 Å². The van der Waals surface area contributed by atoms with Crippen molar-refractivity contribution in [1.82, 2.24) is 4.98 Å². The molecule has 0 aliphatic heterocycles. The first-order chi connectivity index (χ1) is 9.65. The van der Waals surface area contributed by atoms with Crippen molar-refractivity contribution in [1.29, 1.82) is 0 Å². The lowest BCUT2D eigenvalue weighted by atomic mass is 10.1. The second-order valence-electron chi connectivity index (χ2n) is 4.26. The SMILES string of the molecule is Nc1cccc(-c2csc(-c3c(F)cccc3F)n2)c1. The number of aromatic nitrogens is 1. The predicted octanol–water partition coefficient (Wildman–Crippen LogP) is 4.34. The first-order valence-electron chi connectivity index (χ1n) is 5.91. The van der Waals surface area contributed by atoms with E-state index < -0.39 is 11.6 Å². The van der Waals surface area contributed by atoms with Crippen molar-refractivity contribution in [3.63, 3.8) is 0 Å². The molecule has 1 aromatic heterocycles. The van der Waals surface area contributed by atoms with Crippen molar-refractivity contribution in [2.24, 2.45) is 0 Å². The number of nitrogen functional groups attached to an aromatic ring is 1. The third-order valence-corrected chi connectivity index (χ3v) is 3.72. The lowest BCUT2D eigenvalue weighted by Gasteiger charge is -2.01. The lowest BCUT2D eigenvalue weighted by molar-refractivity contribution is 0.589. The Labute approximate surface area is 118 Å². The minimum atomic E-state index is -0.613. The van der Waals surface area contributed by atoms with E-state index in [1.165, 1.54) is 29.5 Å². The minimum absolute atomic E-state index is 0.0901. The van der Waals surface area contributed by atoms with Crippen LogP contribution in [0.3, 0.4) is 0 Å². The van der Waals surface area contributed by atoms with Gasteiger partial charge in [-0.1, -0.05) is 18.2 Å². The van der Waals surface area contributed by atoms with E-state index in [-0.39, 0.29) is 5.56 Å². The fourth-order valence-corrected chi connectivity index (χ4v) is 2.80. The van der Waals surface area contributed by atoms with Crippen LogP contribution in [0, 0.1) is 11.6 Å². The first-order valence-corrected chi connectivity index (χ1v) is 6.79. The van der Waals surface area contributed by atoms with E-state index in [0.717, 1.165) is 5.56 Å². The van der Waals surface area contributed by atoms with E-state index in [9.17, 15) is 8.78 Å². The maximum Gasteiger partial charge on any atom is 0.136 e. The summed E-state index contributed by atoms with van der Waals surface area (Å²) < 4.78 is 27.4. The van der Waals surface area contributed by atoms with E-state index in [1.54, 1.807) is 17.5 Å². The van der Waals surface area contributed by atoms with Crippen molar-refractivity contribution >= 4 is 17.0 Å². The van der Waals surface area contributed by atoms with Crippen LogP contribution in [0.5, 0.6) is 0 Å². The number of nitrogens with two attached hydrogens (primary N) is 1. The van der Waals surface area contributed by atoms with E-state index in [2.05, 4.69) is 4.98 Å². The van der Waals surface area contributed by atoms with Gasteiger partial charge in [-0.2, -0.15) is 0 Å². The van der Waals surface area contributed by atoms with Gasteiger partial charge in [0.05, 0.1) is 11.3 Å². The third-order valence-electron chi connectivity index (χ3n) is 2.86.